The van der Waals surface area contributed by atoms with Gasteiger partial charge in [-0.2, -0.15) is 14.3 Å². The second kappa shape index (κ2) is 23.2. The van der Waals surface area contributed by atoms with Crippen LogP contribution in [0.25, 0.3) is 44.9 Å². The number of phosphoric ester groups is 2. The second-order valence-electron chi connectivity index (χ2n) is 18.0. The number of benzene rings is 2. The highest BCUT2D eigenvalue weighted by Crippen LogP contribution is 2.67. The van der Waals surface area contributed by atoms with Crippen molar-refractivity contribution in [3.8, 4) is 17.1 Å². The maximum atomic E-state index is 14.0. The first-order valence-corrected chi connectivity index (χ1v) is 30.5. The third-order valence-corrected chi connectivity index (χ3v) is 18.9. The smallest absolute Gasteiger partial charge is 0.488 e. The number of ether oxygens (including phenoxy) is 4. The van der Waals surface area contributed by atoms with Crippen LogP contribution in [0.4, 0.5) is 17.7 Å². The minimum Gasteiger partial charge on any atom is -0.492 e. The van der Waals surface area contributed by atoms with E-state index >= 15 is 0 Å². The molecule has 2 aromatic carbocycles. The first-order chi connectivity index (χ1) is 39.3. The number of H-pyrrole nitrogens is 2. The van der Waals surface area contributed by atoms with Crippen LogP contribution < -0.4 is 37.5 Å². The zero-order valence-electron chi connectivity index (χ0n) is 42.9. The summed E-state index contributed by atoms with van der Waals surface area (Å²) in [6, 6.07) is 11.1. The Labute approximate surface area is 468 Å². The van der Waals surface area contributed by atoms with Gasteiger partial charge in [-0.3, -0.25) is 46.8 Å². The summed E-state index contributed by atoms with van der Waals surface area (Å²) in [7, 11) is -18.8. The number of nitrogens with two attached hydrogens (primary N) is 1. The fraction of sp³-hybridized carbons (Fsp3) is 0.357. The van der Waals surface area contributed by atoms with Crippen LogP contribution >= 0.6 is 42.7 Å². The summed E-state index contributed by atoms with van der Waals surface area (Å²) in [5, 5.41) is 27.4. The Hall–Kier alpha value is -6.46. The molecule has 83 heavy (non-hydrogen) atoms. The molecule has 8 heterocycles. The van der Waals surface area contributed by atoms with Crippen LogP contribution in [0.2, 0.25) is 5.02 Å². The normalized spacial score (nSPS) is 23.9. The number of phosphoric acid groups is 3. The number of rotatable bonds is 23. The van der Waals surface area contributed by atoms with Crippen molar-refractivity contribution in [2.75, 3.05) is 64.0 Å². The molecule has 0 spiro atoms. The molecule has 12 N–H and O–H groups in total. The van der Waals surface area contributed by atoms with E-state index in [1.807, 2.05) is 0 Å². The molecule has 0 radical (unpaired) electrons. The summed E-state index contributed by atoms with van der Waals surface area (Å²) < 4.78 is 106. The lowest BCUT2D eigenvalue weighted by Gasteiger charge is -2.35. The fourth-order valence-corrected chi connectivity index (χ4v) is 14.1. The molecule has 11 atom stereocenters. The summed E-state index contributed by atoms with van der Waals surface area (Å²) in [6.07, 6.45) is -7.02. The monoisotopic (exact) mass is 1260 g/mol. The van der Waals surface area contributed by atoms with Gasteiger partial charge in [0.05, 0.1) is 44.3 Å². The first kappa shape index (κ1) is 59.7. The number of nitrogens with one attached hydrogen (secondary N) is 4. The van der Waals surface area contributed by atoms with E-state index in [1.165, 1.54) is 41.7 Å². The van der Waals surface area contributed by atoms with E-state index in [1.54, 1.807) is 24.3 Å². The number of aromatic amines is 2. The van der Waals surface area contributed by atoms with Crippen molar-refractivity contribution >= 4 is 99.2 Å². The van der Waals surface area contributed by atoms with Gasteiger partial charge in [0.15, 0.2) is 51.3 Å². The Kier molecular flexibility index (Phi) is 16.7. The van der Waals surface area contributed by atoms with Crippen molar-refractivity contribution in [3.05, 3.63) is 93.2 Å². The summed E-state index contributed by atoms with van der Waals surface area (Å²) >= 11 is 5.99. The molecule has 0 bridgehead atoms. The third-order valence-electron chi connectivity index (χ3n) is 12.9. The average Bonchev–Trinajstić information content (AvgIpc) is 2.34. The molecule has 2 saturated heterocycles. The lowest BCUT2D eigenvalue weighted by molar-refractivity contribution is -0.135. The lowest BCUT2D eigenvalue weighted by atomic mass is 10.1. The van der Waals surface area contributed by atoms with E-state index < -0.39 is 110 Å². The van der Waals surface area contributed by atoms with Crippen molar-refractivity contribution in [3.63, 3.8) is 0 Å². The molecule has 2 aliphatic rings. The molecule has 10 rings (SSSR count). The standard InChI is InChI=1S/C42H48ClN15O21P4/c1-45-32-26-35(48-17-47-32)58(19-50-26)42(71-3)16-73-25(31(42)77-81(65,66)74-14-24-29(59)30(60)39(76-24)57-18-49-27-36(57)53-40(44)54-37(27)61)15-75-82(67,68)79-83(69,70)78-80(63,64)23-10-4-20(5-11-23)34-51-33-28(38(62)55-41(46-2)52-33)56(34)12-13-72-22-8-6-21(43)7-9-22/h4-11,17-19,24-25,29-31,39,59-60H,12-16H2,1-3H3,(H,63,64)(H,65,66)(H,67,68)(H,69,70)(H,45,47,48)(H3,44,53,54,61)(H2,46,52,55,62). The highest BCUT2D eigenvalue weighted by molar-refractivity contribution is 7.71. The maximum absolute atomic E-state index is 14.0. The topological polar surface area (TPSA) is 494 Å². The van der Waals surface area contributed by atoms with Gasteiger partial charge in [0.2, 0.25) is 11.9 Å². The van der Waals surface area contributed by atoms with Gasteiger partial charge in [-0.05, 0) is 36.4 Å². The second-order valence-corrected chi connectivity index (χ2v) is 24.8. The van der Waals surface area contributed by atoms with Crippen molar-refractivity contribution in [2.24, 2.45) is 0 Å². The zero-order valence-corrected chi connectivity index (χ0v) is 47.2. The number of aliphatic hydroxyl groups excluding tert-OH is 2. The number of aliphatic hydroxyl groups is 2. The van der Waals surface area contributed by atoms with Crippen molar-refractivity contribution < 1.29 is 89.2 Å². The quantitative estimate of drug-likeness (QED) is 0.0399. The van der Waals surface area contributed by atoms with Crippen LogP contribution in [-0.2, 0) is 66.9 Å². The molecular formula is C42H48ClN15O21P4. The van der Waals surface area contributed by atoms with E-state index in [2.05, 4.69) is 64.1 Å². The van der Waals surface area contributed by atoms with E-state index in [4.69, 9.17) is 49.9 Å². The Balaban J connectivity index is 0.842. The van der Waals surface area contributed by atoms with Gasteiger partial charge in [-0.25, -0.2) is 42.9 Å². The summed E-state index contributed by atoms with van der Waals surface area (Å²) in [4.78, 5) is 104. The third kappa shape index (κ3) is 12.1. The van der Waals surface area contributed by atoms with Crippen LogP contribution in [0.15, 0.2) is 77.1 Å². The molecule has 11 unspecified atom stereocenters. The Morgan fingerprint density at radius 2 is 1.52 bits per heavy atom. The van der Waals surface area contributed by atoms with Crippen LogP contribution in [0.1, 0.15) is 6.23 Å². The number of anilines is 3. The van der Waals surface area contributed by atoms with E-state index in [9.17, 15) is 57.6 Å². The highest BCUT2D eigenvalue weighted by atomic mass is 35.5. The van der Waals surface area contributed by atoms with Gasteiger partial charge in [0.25, 0.3) is 11.1 Å². The number of imidazole rings is 3. The molecule has 0 aliphatic carbocycles. The minimum absolute atomic E-state index is 0.0224. The molecule has 2 fully saturated rings. The number of nitrogens with zero attached hydrogens (tertiary/aromatic N) is 10. The van der Waals surface area contributed by atoms with Crippen LogP contribution in [0.5, 0.6) is 5.75 Å². The summed E-state index contributed by atoms with van der Waals surface area (Å²) in [5.74, 6) is 0.647. The van der Waals surface area contributed by atoms with Crippen LogP contribution in [0, 0.1) is 0 Å². The zero-order chi connectivity index (χ0) is 59.4. The minimum atomic E-state index is -6.09. The summed E-state index contributed by atoms with van der Waals surface area (Å²) in [5.41, 5.74) is 2.47. The van der Waals surface area contributed by atoms with Gasteiger partial charge in [0, 0.05) is 31.8 Å². The number of hydrogen-bond donors (Lipinski definition) is 11. The largest absolute Gasteiger partial charge is 0.492 e. The van der Waals surface area contributed by atoms with Gasteiger partial charge in [-0.1, -0.05) is 23.7 Å². The lowest BCUT2D eigenvalue weighted by Crippen LogP contribution is -2.49. The number of hydrogen-bond acceptors (Lipinski definition) is 27. The van der Waals surface area contributed by atoms with Crippen LogP contribution in [-0.4, -0.2) is 166 Å². The Morgan fingerprint density at radius 1 is 0.807 bits per heavy atom. The van der Waals surface area contributed by atoms with Crippen molar-refractivity contribution in [1.82, 2.24) is 58.6 Å². The molecule has 36 nitrogen and oxygen atoms in total. The Bertz CT molecular complexity index is 4060. The molecule has 444 valence electrons. The van der Waals surface area contributed by atoms with Gasteiger partial charge in [0.1, 0.15) is 55.0 Å². The number of methoxy groups -OCH3 is 1. The van der Waals surface area contributed by atoms with Crippen molar-refractivity contribution in [2.45, 2.75) is 49.0 Å². The number of halogens is 1. The van der Waals surface area contributed by atoms with Gasteiger partial charge < -0.3 is 69.7 Å². The molecule has 0 saturated carbocycles. The average molecular weight is 1260 g/mol. The predicted octanol–water partition coefficient (Wildman–Crippen LogP) is 1.04. The van der Waals surface area contributed by atoms with E-state index in [0.717, 1.165) is 36.5 Å². The predicted molar refractivity (Wildman–Crippen MR) is 286 cm³/mol. The first-order valence-electron chi connectivity index (χ1n) is 24.0. The molecule has 0 amide bonds. The van der Waals surface area contributed by atoms with Crippen LogP contribution in [0.3, 0.4) is 0 Å². The fourth-order valence-electron chi connectivity index (χ4n) is 9.02. The molecule has 2 aliphatic heterocycles. The number of aromatic nitrogens is 12. The number of fused-ring (bicyclic) bond motifs is 3. The molecule has 6 aromatic heterocycles. The van der Waals surface area contributed by atoms with Gasteiger partial charge >= 0.3 is 31.1 Å². The molecule has 8 aromatic rings. The highest BCUT2D eigenvalue weighted by Gasteiger charge is 2.58. The SMILES string of the molecule is CNc1nc2nc(-c3ccc(P(=O)(O)OP(=O)(O)OP(=O)(O)OCC4OCC(OC)(n5cnc6c(NC)ncnc65)C4OP(=O)(O)OCC4OC(n5cnc6c(=O)[nH]c(N)nc65)C(O)C4O)cc3)n(CCOc3ccc(Cl)cc3)c2c(=O)[nH]1. The summed E-state index contributed by atoms with van der Waals surface area (Å²) in [6.45, 7) is -2.76. The number of nitrogen functional groups attached to an aromatic ring is 1. The Morgan fingerprint density at radius 3 is 2.23 bits per heavy atom. The van der Waals surface area contributed by atoms with E-state index in [0.29, 0.717) is 10.8 Å². The molecule has 41 heteroatoms. The maximum Gasteiger partial charge on any atom is 0.488 e. The van der Waals surface area contributed by atoms with Crippen molar-refractivity contribution in [1.29, 1.82) is 0 Å². The molecular weight excluding hydrogens is 1210 g/mol. The van der Waals surface area contributed by atoms with E-state index in [-0.39, 0.29) is 75.7 Å². The van der Waals surface area contributed by atoms with Gasteiger partial charge in [-0.15, -0.1) is 0 Å².